The number of hydroxylamine groups is 1. The molecule has 1 rings (SSSR count). The summed E-state index contributed by atoms with van der Waals surface area (Å²) in [5.41, 5.74) is 8.58. The number of benzene rings is 1. The fourth-order valence-corrected chi connectivity index (χ4v) is 1.17. The van der Waals surface area contributed by atoms with Crippen molar-refractivity contribution < 1.29 is 9.63 Å². The standard InChI is InChI=1S/C10H11ClN2O2/c1-6(2)13-15-7-3-4-8(10(12)14)9(11)5-7/h3-5,13H,1H2,2H3,(H2,12,14). The summed E-state index contributed by atoms with van der Waals surface area (Å²) in [4.78, 5) is 16.0. The van der Waals surface area contributed by atoms with E-state index in [-0.39, 0.29) is 10.6 Å². The summed E-state index contributed by atoms with van der Waals surface area (Å²) in [5.74, 6) is -0.0904. The maximum atomic E-state index is 10.9. The van der Waals surface area contributed by atoms with Crippen molar-refractivity contribution in [1.29, 1.82) is 0 Å². The minimum Gasteiger partial charge on any atom is -0.382 e. The molecule has 0 spiro atoms. The van der Waals surface area contributed by atoms with Gasteiger partial charge in [-0.1, -0.05) is 18.2 Å². The van der Waals surface area contributed by atoms with Crippen LogP contribution in [0.15, 0.2) is 30.5 Å². The average molecular weight is 227 g/mol. The van der Waals surface area contributed by atoms with Gasteiger partial charge in [0.05, 0.1) is 10.6 Å². The summed E-state index contributed by atoms with van der Waals surface area (Å²) in [6, 6.07) is 4.58. The Bertz CT molecular complexity index is 404. The van der Waals surface area contributed by atoms with Crippen molar-refractivity contribution in [3.8, 4) is 5.75 Å². The van der Waals surface area contributed by atoms with Crippen molar-refractivity contribution in [1.82, 2.24) is 5.48 Å². The van der Waals surface area contributed by atoms with Gasteiger partial charge in [0.25, 0.3) is 0 Å². The first-order valence-electron chi connectivity index (χ1n) is 4.18. The van der Waals surface area contributed by atoms with Crippen molar-refractivity contribution in [2.75, 3.05) is 0 Å². The van der Waals surface area contributed by atoms with Gasteiger partial charge in [0.15, 0.2) is 5.75 Å². The normalized spacial score (nSPS) is 9.47. The lowest BCUT2D eigenvalue weighted by molar-refractivity contribution is 0.100. The van der Waals surface area contributed by atoms with E-state index in [1.807, 2.05) is 0 Å². The minimum absolute atomic E-state index is 0.253. The highest BCUT2D eigenvalue weighted by atomic mass is 35.5. The molecule has 0 fully saturated rings. The monoisotopic (exact) mass is 226 g/mol. The van der Waals surface area contributed by atoms with Gasteiger partial charge in [0.1, 0.15) is 0 Å². The van der Waals surface area contributed by atoms with Gasteiger partial charge in [-0.3, -0.25) is 4.79 Å². The highest BCUT2D eigenvalue weighted by Crippen LogP contribution is 2.21. The van der Waals surface area contributed by atoms with E-state index in [0.717, 1.165) is 0 Å². The summed E-state index contributed by atoms with van der Waals surface area (Å²) in [6.07, 6.45) is 0. The number of amides is 1. The smallest absolute Gasteiger partial charge is 0.250 e. The molecular weight excluding hydrogens is 216 g/mol. The van der Waals surface area contributed by atoms with Crippen LogP contribution in [0.1, 0.15) is 17.3 Å². The summed E-state index contributed by atoms with van der Waals surface area (Å²) in [7, 11) is 0. The summed E-state index contributed by atoms with van der Waals surface area (Å²) in [5, 5.41) is 0.253. The molecule has 0 aromatic heterocycles. The Labute approximate surface area is 92.6 Å². The molecule has 0 aliphatic carbocycles. The van der Waals surface area contributed by atoms with Crippen molar-refractivity contribution in [3.63, 3.8) is 0 Å². The van der Waals surface area contributed by atoms with Crippen molar-refractivity contribution in [2.24, 2.45) is 5.73 Å². The van der Waals surface area contributed by atoms with Crippen LogP contribution in [0.3, 0.4) is 0 Å². The van der Waals surface area contributed by atoms with Gasteiger partial charge in [0, 0.05) is 11.8 Å². The molecule has 3 N–H and O–H groups in total. The lowest BCUT2D eigenvalue weighted by Crippen LogP contribution is -2.15. The molecule has 0 aliphatic heterocycles. The highest BCUT2D eigenvalue weighted by Gasteiger charge is 2.07. The van der Waals surface area contributed by atoms with Crippen molar-refractivity contribution in [2.45, 2.75) is 6.92 Å². The molecular formula is C10H11ClN2O2. The van der Waals surface area contributed by atoms with Crippen LogP contribution >= 0.6 is 11.6 Å². The molecule has 0 saturated carbocycles. The zero-order valence-corrected chi connectivity index (χ0v) is 8.97. The van der Waals surface area contributed by atoms with Crippen LogP contribution in [0, 0.1) is 0 Å². The molecule has 0 unspecified atom stereocenters. The summed E-state index contributed by atoms with van der Waals surface area (Å²) >= 11 is 5.81. The molecule has 0 heterocycles. The third-order valence-corrected chi connectivity index (χ3v) is 1.86. The predicted molar refractivity (Wildman–Crippen MR) is 58.5 cm³/mol. The minimum atomic E-state index is -0.570. The average Bonchev–Trinajstić information content (AvgIpc) is 2.14. The molecule has 80 valence electrons. The quantitative estimate of drug-likeness (QED) is 0.771. The molecule has 0 bridgehead atoms. The Morgan fingerprint density at radius 1 is 1.60 bits per heavy atom. The number of nitrogens with one attached hydrogen (secondary N) is 1. The maximum Gasteiger partial charge on any atom is 0.250 e. The molecule has 1 amide bonds. The molecule has 0 aliphatic rings. The Kier molecular flexibility index (Phi) is 3.57. The second kappa shape index (κ2) is 4.70. The van der Waals surface area contributed by atoms with E-state index in [4.69, 9.17) is 22.2 Å². The van der Waals surface area contributed by atoms with Gasteiger partial charge in [0.2, 0.25) is 5.91 Å². The second-order valence-electron chi connectivity index (χ2n) is 2.99. The number of halogens is 1. The summed E-state index contributed by atoms with van der Waals surface area (Å²) in [6.45, 7) is 5.34. The van der Waals surface area contributed by atoms with E-state index in [9.17, 15) is 4.79 Å². The zero-order valence-electron chi connectivity index (χ0n) is 8.21. The van der Waals surface area contributed by atoms with Crippen LogP contribution in [0.5, 0.6) is 5.75 Å². The van der Waals surface area contributed by atoms with Crippen molar-refractivity contribution >= 4 is 17.5 Å². The maximum absolute atomic E-state index is 10.9. The molecule has 5 heteroatoms. The van der Waals surface area contributed by atoms with Crippen LogP contribution in [-0.2, 0) is 0 Å². The van der Waals surface area contributed by atoms with E-state index >= 15 is 0 Å². The van der Waals surface area contributed by atoms with E-state index < -0.39 is 5.91 Å². The van der Waals surface area contributed by atoms with E-state index in [2.05, 4.69) is 12.1 Å². The predicted octanol–water partition coefficient (Wildman–Crippen LogP) is 1.86. The van der Waals surface area contributed by atoms with Gasteiger partial charge in [-0.05, 0) is 19.1 Å². The van der Waals surface area contributed by atoms with Gasteiger partial charge in [-0.2, -0.15) is 0 Å². The molecule has 1 aromatic carbocycles. The SMILES string of the molecule is C=C(C)NOc1ccc(C(N)=O)c(Cl)c1. The number of carbonyl (C=O) groups excluding carboxylic acids is 1. The van der Waals surface area contributed by atoms with Gasteiger partial charge < -0.3 is 10.6 Å². The highest BCUT2D eigenvalue weighted by molar-refractivity contribution is 6.33. The van der Waals surface area contributed by atoms with E-state index in [1.165, 1.54) is 12.1 Å². The molecule has 1 aromatic rings. The van der Waals surface area contributed by atoms with Crippen LogP contribution in [0.2, 0.25) is 5.02 Å². The topological polar surface area (TPSA) is 64.3 Å². The van der Waals surface area contributed by atoms with Crippen LogP contribution in [0.4, 0.5) is 0 Å². The van der Waals surface area contributed by atoms with Crippen LogP contribution in [0.25, 0.3) is 0 Å². The van der Waals surface area contributed by atoms with Gasteiger partial charge in [-0.25, -0.2) is 5.48 Å². The largest absolute Gasteiger partial charge is 0.382 e. The number of rotatable bonds is 4. The third kappa shape index (κ3) is 3.18. The Hall–Kier alpha value is -1.68. The first kappa shape index (κ1) is 11.4. The second-order valence-corrected chi connectivity index (χ2v) is 3.40. The first-order chi connectivity index (χ1) is 7.00. The van der Waals surface area contributed by atoms with E-state index in [0.29, 0.717) is 11.4 Å². The van der Waals surface area contributed by atoms with Crippen LogP contribution in [-0.4, -0.2) is 5.91 Å². The number of hydrogen-bond donors (Lipinski definition) is 2. The summed E-state index contributed by atoms with van der Waals surface area (Å²) < 4.78 is 0. The van der Waals surface area contributed by atoms with Crippen LogP contribution < -0.4 is 16.1 Å². The fraction of sp³-hybridized carbons (Fsp3) is 0.100. The lowest BCUT2D eigenvalue weighted by atomic mass is 10.2. The molecule has 4 nitrogen and oxygen atoms in total. The van der Waals surface area contributed by atoms with E-state index in [1.54, 1.807) is 13.0 Å². The van der Waals surface area contributed by atoms with Gasteiger partial charge in [-0.15, -0.1) is 0 Å². The molecule has 0 radical (unpaired) electrons. The third-order valence-electron chi connectivity index (χ3n) is 1.55. The first-order valence-corrected chi connectivity index (χ1v) is 4.56. The van der Waals surface area contributed by atoms with Crippen molar-refractivity contribution in [3.05, 3.63) is 41.1 Å². The lowest BCUT2D eigenvalue weighted by Gasteiger charge is -2.08. The number of primary amides is 1. The molecule has 0 atom stereocenters. The molecule has 15 heavy (non-hydrogen) atoms. The molecule has 0 saturated heterocycles. The fourth-order valence-electron chi connectivity index (χ4n) is 0.905. The Balaban J connectivity index is 2.82. The Morgan fingerprint density at radius 3 is 2.73 bits per heavy atom. The van der Waals surface area contributed by atoms with Gasteiger partial charge >= 0.3 is 0 Å². The number of nitrogens with two attached hydrogens (primary N) is 1. The zero-order chi connectivity index (χ0) is 11.4. The number of carbonyl (C=O) groups is 1. The number of hydrogen-bond acceptors (Lipinski definition) is 3. The number of allylic oxidation sites excluding steroid dienone is 1. The Morgan fingerprint density at radius 2 is 2.27 bits per heavy atom.